The highest BCUT2D eigenvalue weighted by Gasteiger charge is 2.59. The summed E-state index contributed by atoms with van der Waals surface area (Å²) in [4.78, 5) is 0. The molecule has 1 fully saturated rings. The minimum Gasteiger partial charge on any atom is -0.387 e. The van der Waals surface area contributed by atoms with Crippen molar-refractivity contribution in [3.05, 3.63) is 29.0 Å². The molecule has 0 amide bonds. The number of fused-ring (bicyclic) bond motifs is 1. The Kier molecular flexibility index (Phi) is 4.21. The van der Waals surface area contributed by atoms with Gasteiger partial charge in [-0.3, -0.25) is 0 Å². The maximum absolute atomic E-state index is 11.0. The van der Waals surface area contributed by atoms with Crippen LogP contribution in [0.4, 0.5) is 5.82 Å². The highest BCUT2D eigenvalue weighted by molar-refractivity contribution is 7.08. The number of hydrogen-bond acceptors (Lipinski definition) is 7. The van der Waals surface area contributed by atoms with Gasteiger partial charge >= 0.3 is 0 Å². The van der Waals surface area contributed by atoms with E-state index in [1.807, 2.05) is 49.7 Å². The normalized spacial score (nSPS) is 24.5. The van der Waals surface area contributed by atoms with Crippen LogP contribution in [-0.4, -0.2) is 49.8 Å². The van der Waals surface area contributed by atoms with Crippen molar-refractivity contribution in [1.29, 1.82) is 0 Å². The summed E-state index contributed by atoms with van der Waals surface area (Å²) >= 11 is 1.61. The first-order valence-corrected chi connectivity index (χ1v) is 9.72. The molecule has 4 rings (SSSR count). The lowest BCUT2D eigenvalue weighted by Gasteiger charge is -2.58. The van der Waals surface area contributed by atoms with E-state index in [0.717, 1.165) is 5.56 Å². The quantitative estimate of drug-likeness (QED) is 0.691. The van der Waals surface area contributed by atoms with Crippen LogP contribution in [0, 0.1) is 5.41 Å². The number of thiophene rings is 1. The van der Waals surface area contributed by atoms with Gasteiger partial charge in [0.15, 0.2) is 11.5 Å². The van der Waals surface area contributed by atoms with Crippen molar-refractivity contribution in [2.75, 3.05) is 18.5 Å². The van der Waals surface area contributed by atoms with Crippen LogP contribution in [-0.2, 0) is 4.74 Å². The van der Waals surface area contributed by atoms with Gasteiger partial charge in [-0.05, 0) is 30.5 Å². The van der Waals surface area contributed by atoms with Crippen molar-refractivity contribution in [2.45, 2.75) is 38.9 Å². The summed E-state index contributed by atoms with van der Waals surface area (Å²) in [6.45, 7) is 7.15. The number of rotatable bonds is 6. The van der Waals surface area contributed by atoms with Gasteiger partial charge < -0.3 is 15.2 Å². The maximum atomic E-state index is 11.0. The molecule has 26 heavy (non-hydrogen) atoms. The number of hydrogen-bond donors (Lipinski definition) is 2. The molecular formula is C18H23N5O2S. The summed E-state index contributed by atoms with van der Waals surface area (Å²) in [5, 5.41) is 31.3. The lowest BCUT2D eigenvalue weighted by atomic mass is 9.56. The van der Waals surface area contributed by atoms with Crippen molar-refractivity contribution >= 4 is 22.8 Å². The summed E-state index contributed by atoms with van der Waals surface area (Å²) in [6.07, 6.45) is 0.702. The van der Waals surface area contributed by atoms with Crippen molar-refractivity contribution in [3.63, 3.8) is 0 Å². The Bertz CT molecular complexity index is 908. The predicted octanol–water partition coefficient (Wildman–Crippen LogP) is 2.83. The highest BCUT2D eigenvalue weighted by Crippen LogP contribution is 2.51. The van der Waals surface area contributed by atoms with Crippen molar-refractivity contribution < 1.29 is 9.84 Å². The van der Waals surface area contributed by atoms with E-state index in [9.17, 15) is 5.11 Å². The van der Waals surface area contributed by atoms with E-state index in [1.165, 1.54) is 0 Å². The molecule has 3 heterocycles. The molecule has 2 N–H and O–H groups in total. The Morgan fingerprint density at radius 2 is 2.19 bits per heavy atom. The Hall–Kier alpha value is -2.03. The molecule has 0 saturated heterocycles. The van der Waals surface area contributed by atoms with Crippen LogP contribution in [0.1, 0.15) is 27.2 Å². The average Bonchev–Trinajstić information content (AvgIpc) is 3.28. The van der Waals surface area contributed by atoms with Gasteiger partial charge in [-0.2, -0.15) is 15.9 Å². The van der Waals surface area contributed by atoms with Gasteiger partial charge in [0.25, 0.3) is 0 Å². The summed E-state index contributed by atoms with van der Waals surface area (Å²) < 4.78 is 7.45. The zero-order valence-corrected chi connectivity index (χ0v) is 16.0. The van der Waals surface area contributed by atoms with E-state index < -0.39 is 5.60 Å². The topological polar surface area (TPSA) is 84.6 Å². The maximum Gasteiger partial charge on any atom is 0.186 e. The van der Waals surface area contributed by atoms with Gasteiger partial charge in [0.05, 0.1) is 11.7 Å². The highest BCUT2D eigenvalue weighted by atomic mass is 32.1. The van der Waals surface area contributed by atoms with E-state index >= 15 is 0 Å². The molecule has 2 unspecified atom stereocenters. The number of aromatic nitrogens is 4. The Morgan fingerprint density at radius 3 is 2.88 bits per heavy atom. The molecule has 0 radical (unpaired) electrons. The third-order valence-electron chi connectivity index (χ3n) is 5.50. The van der Waals surface area contributed by atoms with Crippen LogP contribution < -0.4 is 5.32 Å². The molecule has 1 aliphatic carbocycles. The van der Waals surface area contributed by atoms with Gasteiger partial charge in [0, 0.05) is 35.9 Å². The molecule has 138 valence electrons. The predicted molar refractivity (Wildman–Crippen MR) is 101 cm³/mol. The minimum atomic E-state index is -0.827. The zero-order valence-electron chi connectivity index (χ0n) is 15.1. The van der Waals surface area contributed by atoms with Gasteiger partial charge in [-0.25, -0.2) is 0 Å². The van der Waals surface area contributed by atoms with Gasteiger partial charge in [0.1, 0.15) is 5.82 Å². The molecule has 0 aliphatic heterocycles. The first-order chi connectivity index (χ1) is 12.4. The van der Waals surface area contributed by atoms with Crippen LogP contribution in [0.3, 0.4) is 0 Å². The summed E-state index contributed by atoms with van der Waals surface area (Å²) in [5.74, 6) is 1.39. The lowest BCUT2D eigenvalue weighted by Crippen LogP contribution is -2.67. The van der Waals surface area contributed by atoms with Crippen LogP contribution in [0.25, 0.3) is 17.0 Å². The first-order valence-electron chi connectivity index (χ1n) is 8.77. The van der Waals surface area contributed by atoms with E-state index in [2.05, 4.69) is 20.6 Å². The van der Waals surface area contributed by atoms with Gasteiger partial charge in [0.2, 0.25) is 0 Å². The molecule has 0 spiro atoms. The lowest BCUT2D eigenvalue weighted by molar-refractivity contribution is -0.233. The molecule has 3 aromatic heterocycles. The fourth-order valence-corrected chi connectivity index (χ4v) is 4.09. The van der Waals surface area contributed by atoms with Crippen molar-refractivity contribution in [3.8, 4) is 11.4 Å². The smallest absolute Gasteiger partial charge is 0.186 e. The number of ether oxygens (including phenoxy) is 1. The second-order valence-electron chi connectivity index (χ2n) is 7.28. The standard InChI is InChI=1S/C18H23N5O2S/c1-4-25-13-9-18(24,17(13,2)3)11-19-14-5-6-15-20-21-16(23(15)22-14)12-7-8-26-10-12/h5-8,10,13,24H,4,9,11H2,1-3H3,(H,19,22). The Morgan fingerprint density at radius 1 is 1.35 bits per heavy atom. The third-order valence-corrected chi connectivity index (χ3v) is 6.18. The third kappa shape index (κ3) is 2.69. The number of nitrogens with zero attached hydrogens (tertiary/aromatic N) is 4. The molecule has 2 atom stereocenters. The van der Waals surface area contributed by atoms with Crippen LogP contribution >= 0.6 is 11.3 Å². The van der Waals surface area contributed by atoms with E-state index in [0.29, 0.717) is 36.9 Å². The van der Waals surface area contributed by atoms with Crippen LogP contribution in [0.2, 0.25) is 0 Å². The molecule has 8 heteroatoms. The second kappa shape index (κ2) is 6.29. The van der Waals surface area contributed by atoms with Crippen molar-refractivity contribution in [2.24, 2.45) is 5.41 Å². The van der Waals surface area contributed by atoms with Gasteiger partial charge in [-0.15, -0.1) is 15.3 Å². The van der Waals surface area contributed by atoms with E-state index in [-0.39, 0.29) is 11.5 Å². The largest absolute Gasteiger partial charge is 0.387 e. The SMILES string of the molecule is CCOC1CC(O)(CNc2ccc3nnc(-c4ccsc4)n3n2)C1(C)C. The number of anilines is 1. The fourth-order valence-electron chi connectivity index (χ4n) is 3.45. The molecule has 3 aromatic rings. The van der Waals surface area contributed by atoms with E-state index in [1.54, 1.807) is 15.9 Å². The second-order valence-corrected chi connectivity index (χ2v) is 8.06. The molecule has 7 nitrogen and oxygen atoms in total. The molecule has 1 aliphatic rings. The molecule has 0 bridgehead atoms. The molecule has 1 saturated carbocycles. The number of aliphatic hydroxyl groups is 1. The average molecular weight is 373 g/mol. The van der Waals surface area contributed by atoms with Crippen LogP contribution in [0.5, 0.6) is 0 Å². The number of nitrogens with one attached hydrogen (secondary N) is 1. The minimum absolute atomic E-state index is 0.0813. The first kappa shape index (κ1) is 17.4. The summed E-state index contributed by atoms with van der Waals surface area (Å²) in [7, 11) is 0. The zero-order chi connectivity index (χ0) is 18.4. The Balaban J connectivity index is 1.52. The summed E-state index contributed by atoms with van der Waals surface area (Å²) in [6, 6.07) is 5.73. The van der Waals surface area contributed by atoms with E-state index in [4.69, 9.17) is 4.74 Å². The fraction of sp³-hybridized carbons (Fsp3) is 0.500. The molecular weight excluding hydrogens is 350 g/mol. The molecule has 0 aromatic carbocycles. The monoisotopic (exact) mass is 373 g/mol. The summed E-state index contributed by atoms with van der Waals surface area (Å²) in [5.41, 5.74) is 0.548. The van der Waals surface area contributed by atoms with Crippen molar-refractivity contribution in [1.82, 2.24) is 19.8 Å². The Labute approximate surface area is 156 Å². The van der Waals surface area contributed by atoms with Gasteiger partial charge in [-0.1, -0.05) is 13.8 Å². The van der Waals surface area contributed by atoms with Crippen LogP contribution in [0.15, 0.2) is 29.0 Å².